The monoisotopic (exact) mass is 142 g/mol. The summed E-state index contributed by atoms with van der Waals surface area (Å²) < 4.78 is 0. The zero-order chi connectivity index (χ0) is 7.61. The molecule has 0 unspecified atom stereocenters. The van der Waals surface area contributed by atoms with E-state index in [2.05, 4.69) is 0 Å². The summed E-state index contributed by atoms with van der Waals surface area (Å²) in [5.74, 6) is 0.308. The minimum atomic E-state index is -0.102. The highest BCUT2D eigenvalue weighted by Crippen LogP contribution is 2.32. The number of Topliss-reactive ketones (excluding diaryl/α,β-unsaturated/α-hetero) is 1. The highest BCUT2D eigenvalue weighted by Gasteiger charge is 2.29. The molecule has 0 spiro atoms. The zero-order valence-corrected chi connectivity index (χ0v) is 6.39. The first kappa shape index (κ1) is 7.73. The molecule has 0 aromatic heterocycles. The van der Waals surface area contributed by atoms with Crippen molar-refractivity contribution in [1.29, 1.82) is 0 Å². The van der Waals surface area contributed by atoms with Crippen molar-refractivity contribution in [3.05, 3.63) is 0 Å². The van der Waals surface area contributed by atoms with Crippen LogP contribution in [0, 0.1) is 5.41 Å². The van der Waals surface area contributed by atoms with Crippen LogP contribution in [0.4, 0.5) is 0 Å². The van der Waals surface area contributed by atoms with Crippen LogP contribution in [-0.4, -0.2) is 17.5 Å². The summed E-state index contributed by atoms with van der Waals surface area (Å²) >= 11 is 0. The molecule has 0 amide bonds. The minimum Gasteiger partial charge on any atom is -0.396 e. The summed E-state index contributed by atoms with van der Waals surface area (Å²) in [7, 11) is 0. The zero-order valence-electron chi connectivity index (χ0n) is 6.39. The number of hydrogen-bond acceptors (Lipinski definition) is 2. The average molecular weight is 142 g/mol. The Hall–Kier alpha value is -0.370. The first-order chi connectivity index (χ1) is 4.66. The van der Waals surface area contributed by atoms with Gasteiger partial charge in [0.2, 0.25) is 0 Å². The van der Waals surface area contributed by atoms with E-state index in [9.17, 15) is 4.79 Å². The van der Waals surface area contributed by atoms with Gasteiger partial charge in [-0.1, -0.05) is 6.92 Å². The summed E-state index contributed by atoms with van der Waals surface area (Å²) in [6.07, 6.45) is 3.24. The van der Waals surface area contributed by atoms with Gasteiger partial charge in [0.15, 0.2) is 0 Å². The molecule has 1 fully saturated rings. The molecule has 0 aromatic rings. The molecular formula is C8H14O2. The van der Waals surface area contributed by atoms with Crippen molar-refractivity contribution < 1.29 is 9.90 Å². The molecule has 1 atom stereocenters. The van der Waals surface area contributed by atoms with Crippen LogP contribution in [0.5, 0.6) is 0 Å². The van der Waals surface area contributed by atoms with Crippen LogP contribution in [0.25, 0.3) is 0 Å². The van der Waals surface area contributed by atoms with Gasteiger partial charge in [-0.2, -0.15) is 0 Å². The molecule has 1 saturated carbocycles. The van der Waals surface area contributed by atoms with Gasteiger partial charge in [0.05, 0.1) is 0 Å². The molecule has 2 heteroatoms. The molecular weight excluding hydrogens is 128 g/mol. The Kier molecular flexibility index (Phi) is 2.09. The number of hydrogen-bond donors (Lipinski definition) is 1. The number of aliphatic hydroxyl groups excluding tert-OH is 1. The molecule has 58 valence electrons. The van der Waals surface area contributed by atoms with Crippen LogP contribution in [-0.2, 0) is 4.79 Å². The maximum atomic E-state index is 10.9. The third kappa shape index (κ3) is 1.57. The Morgan fingerprint density at radius 1 is 1.70 bits per heavy atom. The highest BCUT2D eigenvalue weighted by atomic mass is 16.3. The molecule has 0 radical (unpaired) electrons. The van der Waals surface area contributed by atoms with Crippen molar-refractivity contribution in [1.82, 2.24) is 0 Å². The third-order valence-electron chi connectivity index (χ3n) is 2.24. The van der Waals surface area contributed by atoms with E-state index in [1.165, 1.54) is 0 Å². The molecule has 0 aliphatic heterocycles. The van der Waals surface area contributed by atoms with Crippen molar-refractivity contribution in [2.45, 2.75) is 32.6 Å². The standard InChI is InChI=1S/C8H14O2/c1-8(6-9)4-2-3-7(10)5-8/h9H,2-6H2,1H3/t8-/m1/s1. The van der Waals surface area contributed by atoms with E-state index in [0.29, 0.717) is 12.2 Å². The molecule has 2 nitrogen and oxygen atoms in total. The second kappa shape index (κ2) is 2.70. The predicted octanol–water partition coefficient (Wildman–Crippen LogP) is 1.13. The van der Waals surface area contributed by atoms with Crippen LogP contribution < -0.4 is 0 Å². The van der Waals surface area contributed by atoms with Gasteiger partial charge in [-0.25, -0.2) is 0 Å². The SMILES string of the molecule is C[C@@]1(CO)CCCC(=O)C1. The van der Waals surface area contributed by atoms with Crippen molar-refractivity contribution in [3.63, 3.8) is 0 Å². The first-order valence-corrected chi connectivity index (χ1v) is 3.79. The molecule has 1 aliphatic rings. The predicted molar refractivity (Wildman–Crippen MR) is 38.7 cm³/mol. The fourth-order valence-corrected chi connectivity index (χ4v) is 1.50. The van der Waals surface area contributed by atoms with Gasteiger partial charge < -0.3 is 5.11 Å². The quantitative estimate of drug-likeness (QED) is 0.596. The van der Waals surface area contributed by atoms with E-state index in [1.807, 2.05) is 6.92 Å². The van der Waals surface area contributed by atoms with Gasteiger partial charge in [0.25, 0.3) is 0 Å². The molecule has 0 saturated heterocycles. The second-order valence-corrected chi connectivity index (χ2v) is 3.54. The summed E-state index contributed by atoms with van der Waals surface area (Å²) in [4.78, 5) is 10.9. The van der Waals surface area contributed by atoms with Crippen LogP contribution in [0.3, 0.4) is 0 Å². The Balaban J connectivity index is 2.53. The lowest BCUT2D eigenvalue weighted by Gasteiger charge is -2.30. The van der Waals surface area contributed by atoms with E-state index >= 15 is 0 Å². The van der Waals surface area contributed by atoms with Crippen LogP contribution >= 0.6 is 0 Å². The van der Waals surface area contributed by atoms with Gasteiger partial charge in [-0.15, -0.1) is 0 Å². The second-order valence-electron chi connectivity index (χ2n) is 3.54. The number of carbonyl (C=O) groups excluding carboxylic acids is 1. The molecule has 1 rings (SSSR count). The van der Waals surface area contributed by atoms with Gasteiger partial charge in [-0.05, 0) is 18.3 Å². The van der Waals surface area contributed by atoms with E-state index in [4.69, 9.17) is 5.11 Å². The number of rotatable bonds is 1. The number of carbonyl (C=O) groups is 1. The number of aliphatic hydroxyl groups is 1. The topological polar surface area (TPSA) is 37.3 Å². The third-order valence-corrected chi connectivity index (χ3v) is 2.24. The van der Waals surface area contributed by atoms with E-state index in [-0.39, 0.29) is 12.0 Å². The Bertz CT molecular complexity index is 142. The molecule has 10 heavy (non-hydrogen) atoms. The Morgan fingerprint density at radius 3 is 2.80 bits per heavy atom. The highest BCUT2D eigenvalue weighted by molar-refractivity contribution is 5.79. The van der Waals surface area contributed by atoms with Crippen LogP contribution in [0.1, 0.15) is 32.6 Å². The van der Waals surface area contributed by atoms with Crippen molar-refractivity contribution >= 4 is 5.78 Å². The summed E-state index contributed by atoms with van der Waals surface area (Å²) in [6.45, 7) is 2.13. The molecule has 0 heterocycles. The Labute approximate surface area is 61.2 Å². The van der Waals surface area contributed by atoms with Gasteiger partial charge in [0, 0.05) is 19.4 Å². The van der Waals surface area contributed by atoms with Crippen molar-refractivity contribution in [2.24, 2.45) is 5.41 Å². The van der Waals surface area contributed by atoms with E-state index in [0.717, 1.165) is 19.3 Å². The smallest absolute Gasteiger partial charge is 0.133 e. The molecule has 1 aliphatic carbocycles. The lowest BCUT2D eigenvalue weighted by Crippen LogP contribution is -2.29. The summed E-state index contributed by atoms with van der Waals surface area (Å²) in [5.41, 5.74) is -0.102. The maximum absolute atomic E-state index is 10.9. The van der Waals surface area contributed by atoms with E-state index in [1.54, 1.807) is 0 Å². The number of ketones is 1. The maximum Gasteiger partial charge on any atom is 0.133 e. The fourth-order valence-electron chi connectivity index (χ4n) is 1.50. The van der Waals surface area contributed by atoms with Gasteiger partial charge >= 0.3 is 0 Å². The summed E-state index contributed by atoms with van der Waals surface area (Å²) in [5, 5.41) is 8.92. The molecule has 0 aromatic carbocycles. The van der Waals surface area contributed by atoms with Gasteiger partial charge in [0.1, 0.15) is 5.78 Å². The molecule has 1 N–H and O–H groups in total. The van der Waals surface area contributed by atoms with E-state index < -0.39 is 0 Å². The average Bonchev–Trinajstić information content (AvgIpc) is 1.88. The normalized spacial score (nSPS) is 34.4. The van der Waals surface area contributed by atoms with Gasteiger partial charge in [-0.3, -0.25) is 4.79 Å². The summed E-state index contributed by atoms with van der Waals surface area (Å²) in [6, 6.07) is 0. The Morgan fingerprint density at radius 2 is 2.40 bits per heavy atom. The molecule has 0 bridgehead atoms. The minimum absolute atomic E-state index is 0.102. The van der Waals surface area contributed by atoms with Crippen LogP contribution in [0.2, 0.25) is 0 Å². The van der Waals surface area contributed by atoms with Crippen molar-refractivity contribution in [2.75, 3.05) is 6.61 Å². The van der Waals surface area contributed by atoms with Crippen molar-refractivity contribution in [3.8, 4) is 0 Å². The van der Waals surface area contributed by atoms with Crippen LogP contribution in [0.15, 0.2) is 0 Å². The largest absolute Gasteiger partial charge is 0.396 e. The fraction of sp³-hybridized carbons (Fsp3) is 0.875. The lowest BCUT2D eigenvalue weighted by atomic mass is 9.76. The first-order valence-electron chi connectivity index (χ1n) is 3.79. The lowest BCUT2D eigenvalue weighted by molar-refractivity contribution is -0.124.